The van der Waals surface area contributed by atoms with E-state index in [1.165, 1.54) is 25.0 Å². The molecule has 2 aromatic heterocycles. The lowest BCUT2D eigenvalue weighted by Crippen LogP contribution is -2.36. The number of aryl methyl sites for hydroxylation is 2. The molecule has 1 N–H and O–H groups in total. The number of hydrogen-bond acceptors (Lipinski definition) is 5. The van der Waals surface area contributed by atoms with Crippen molar-refractivity contribution in [3.05, 3.63) is 86.7 Å². The molecule has 3 heterocycles. The predicted octanol–water partition coefficient (Wildman–Crippen LogP) is 4.28. The van der Waals surface area contributed by atoms with Gasteiger partial charge in [0.1, 0.15) is 11.9 Å². The highest BCUT2D eigenvalue weighted by atomic mass is 19.1. The first kappa shape index (κ1) is 22.4. The minimum Gasteiger partial charge on any atom is -0.321 e. The molecule has 0 unspecified atom stereocenters. The lowest BCUT2D eigenvalue weighted by atomic mass is 10.00. The third-order valence-electron chi connectivity index (χ3n) is 6.93. The maximum Gasteiger partial charge on any atom is 0.253 e. The van der Waals surface area contributed by atoms with Crippen molar-refractivity contribution in [3.8, 4) is 0 Å². The van der Waals surface area contributed by atoms with Crippen molar-refractivity contribution >= 4 is 10.9 Å². The first-order valence-electron chi connectivity index (χ1n) is 11.9. The second-order valence-corrected chi connectivity index (χ2v) is 9.20. The number of fused-ring (bicyclic) bond motifs is 1. The number of H-pyrrole nitrogens is 1. The second kappa shape index (κ2) is 9.46. The van der Waals surface area contributed by atoms with Gasteiger partial charge in [-0.05, 0) is 90.5 Å². The number of rotatable bonds is 5. The summed E-state index contributed by atoms with van der Waals surface area (Å²) in [4.78, 5) is 18.9. The molecule has 8 heteroatoms. The molecule has 1 fully saturated rings. The summed E-state index contributed by atoms with van der Waals surface area (Å²) in [6.45, 7) is 6.22. The van der Waals surface area contributed by atoms with E-state index in [1.54, 1.807) is 16.8 Å². The lowest BCUT2D eigenvalue weighted by molar-refractivity contribution is 0.220. The van der Waals surface area contributed by atoms with Gasteiger partial charge in [-0.1, -0.05) is 37.1 Å². The molecule has 1 saturated heterocycles. The van der Waals surface area contributed by atoms with Gasteiger partial charge >= 0.3 is 0 Å². The van der Waals surface area contributed by atoms with Crippen molar-refractivity contribution in [1.82, 2.24) is 30.1 Å². The largest absolute Gasteiger partial charge is 0.321 e. The average Bonchev–Trinajstić information content (AvgIpc) is 3.10. The number of nitrogens with one attached hydrogen (secondary N) is 1. The number of hydrogen-bond donors (Lipinski definition) is 1. The van der Waals surface area contributed by atoms with Gasteiger partial charge in [0.2, 0.25) is 0 Å². The van der Waals surface area contributed by atoms with Crippen molar-refractivity contribution < 1.29 is 4.39 Å². The average molecular weight is 461 g/mol. The van der Waals surface area contributed by atoms with Gasteiger partial charge in [0.15, 0.2) is 5.82 Å². The monoisotopic (exact) mass is 460 g/mol. The highest BCUT2D eigenvalue weighted by Gasteiger charge is 2.31. The smallest absolute Gasteiger partial charge is 0.253 e. The zero-order chi connectivity index (χ0) is 23.7. The summed E-state index contributed by atoms with van der Waals surface area (Å²) in [5, 5.41) is 13.6. The van der Waals surface area contributed by atoms with Gasteiger partial charge in [0.25, 0.3) is 5.56 Å². The molecule has 1 aliphatic rings. The van der Waals surface area contributed by atoms with Crippen LogP contribution in [0.2, 0.25) is 0 Å². The lowest BCUT2D eigenvalue weighted by Gasteiger charge is -2.29. The van der Waals surface area contributed by atoms with E-state index in [0.717, 1.165) is 53.5 Å². The summed E-state index contributed by atoms with van der Waals surface area (Å²) in [6.07, 6.45) is 4.49. The van der Waals surface area contributed by atoms with Crippen LogP contribution in [-0.2, 0) is 6.54 Å². The van der Waals surface area contributed by atoms with E-state index in [2.05, 4.69) is 37.5 Å². The zero-order valence-corrected chi connectivity index (χ0v) is 19.6. The van der Waals surface area contributed by atoms with Crippen LogP contribution in [0.5, 0.6) is 0 Å². The molecule has 0 spiro atoms. The maximum absolute atomic E-state index is 13.5. The number of likely N-dealkylation sites (tertiary alicyclic amines) is 1. The fourth-order valence-electron chi connectivity index (χ4n) is 4.88. The van der Waals surface area contributed by atoms with Gasteiger partial charge in [0.05, 0.1) is 12.1 Å². The van der Waals surface area contributed by atoms with Crippen LogP contribution < -0.4 is 5.56 Å². The van der Waals surface area contributed by atoms with Gasteiger partial charge in [-0.15, -0.1) is 5.10 Å². The Morgan fingerprint density at radius 1 is 1.03 bits per heavy atom. The Morgan fingerprint density at radius 3 is 2.50 bits per heavy atom. The molecule has 4 aromatic rings. The summed E-state index contributed by atoms with van der Waals surface area (Å²) in [6, 6.07) is 12.1. The third-order valence-corrected chi connectivity index (χ3v) is 6.93. The molecule has 176 valence electrons. The number of benzene rings is 2. The van der Waals surface area contributed by atoms with Crippen LogP contribution in [-0.4, -0.2) is 43.2 Å². The van der Waals surface area contributed by atoms with Gasteiger partial charge in [-0.3, -0.25) is 9.69 Å². The molecule has 34 heavy (non-hydrogen) atoms. The quantitative estimate of drug-likeness (QED) is 0.481. The highest BCUT2D eigenvalue weighted by molar-refractivity contribution is 5.83. The van der Waals surface area contributed by atoms with E-state index in [4.69, 9.17) is 0 Å². The first-order valence-corrected chi connectivity index (χ1v) is 11.9. The maximum atomic E-state index is 13.5. The first-order chi connectivity index (χ1) is 16.5. The fourth-order valence-corrected chi connectivity index (χ4v) is 4.88. The zero-order valence-electron chi connectivity index (χ0n) is 19.6. The normalized spacial score (nSPS) is 16.0. The van der Waals surface area contributed by atoms with Crippen LogP contribution >= 0.6 is 0 Å². The Morgan fingerprint density at radius 2 is 1.76 bits per heavy atom. The molecular formula is C26H29FN6O. The molecule has 0 saturated carbocycles. The summed E-state index contributed by atoms with van der Waals surface area (Å²) >= 11 is 0. The van der Waals surface area contributed by atoms with Crippen LogP contribution in [0, 0.1) is 19.7 Å². The summed E-state index contributed by atoms with van der Waals surface area (Å²) in [5.74, 6) is 0.344. The molecule has 1 aliphatic heterocycles. The summed E-state index contributed by atoms with van der Waals surface area (Å²) in [7, 11) is 0. The number of nitrogens with zero attached hydrogens (tertiary/aromatic N) is 5. The molecule has 5 rings (SSSR count). The van der Waals surface area contributed by atoms with Crippen LogP contribution in [0.15, 0.2) is 47.3 Å². The Hall–Kier alpha value is -3.39. The molecule has 7 nitrogen and oxygen atoms in total. The van der Waals surface area contributed by atoms with E-state index in [9.17, 15) is 9.18 Å². The van der Waals surface area contributed by atoms with Gasteiger partial charge in [-0.2, -0.15) is 0 Å². The number of pyridine rings is 1. The number of tetrazole rings is 1. The SMILES string of the molecule is Cc1ccc2cc([C@@H](c3nnnn3Cc3ccc(F)cc3)N3CCCCCC3)c(=O)[nH]c2c1C. The Kier molecular flexibility index (Phi) is 6.24. The summed E-state index contributed by atoms with van der Waals surface area (Å²) in [5.41, 5.74) is 4.51. The molecule has 2 aromatic carbocycles. The number of aromatic nitrogens is 5. The molecule has 0 bridgehead atoms. The second-order valence-electron chi connectivity index (χ2n) is 9.20. The summed E-state index contributed by atoms with van der Waals surface area (Å²) < 4.78 is 15.1. The third kappa shape index (κ3) is 4.37. The van der Waals surface area contributed by atoms with E-state index in [0.29, 0.717) is 17.9 Å². The van der Waals surface area contributed by atoms with Crippen molar-refractivity contribution in [2.24, 2.45) is 0 Å². The Balaban J connectivity index is 1.62. The van der Waals surface area contributed by atoms with Gasteiger partial charge in [-0.25, -0.2) is 9.07 Å². The van der Waals surface area contributed by atoms with Gasteiger partial charge in [0, 0.05) is 5.56 Å². The van der Waals surface area contributed by atoms with Crippen molar-refractivity contribution in [3.63, 3.8) is 0 Å². The minimum atomic E-state index is -0.372. The molecule has 0 amide bonds. The van der Waals surface area contributed by atoms with Crippen LogP contribution in [0.25, 0.3) is 10.9 Å². The number of aromatic amines is 1. The highest BCUT2D eigenvalue weighted by Crippen LogP contribution is 2.30. The molecular weight excluding hydrogens is 431 g/mol. The number of halogens is 1. The van der Waals surface area contributed by atoms with Crippen molar-refractivity contribution in [2.45, 2.75) is 52.1 Å². The van der Waals surface area contributed by atoms with E-state index >= 15 is 0 Å². The molecule has 0 aliphatic carbocycles. The van der Waals surface area contributed by atoms with Crippen molar-refractivity contribution in [2.75, 3.05) is 13.1 Å². The van der Waals surface area contributed by atoms with Crippen LogP contribution in [0.3, 0.4) is 0 Å². The van der Waals surface area contributed by atoms with E-state index in [-0.39, 0.29) is 17.4 Å². The Bertz CT molecular complexity index is 1350. The van der Waals surface area contributed by atoms with Crippen molar-refractivity contribution in [1.29, 1.82) is 0 Å². The molecule has 1 atom stereocenters. The predicted molar refractivity (Wildman–Crippen MR) is 129 cm³/mol. The Labute approximate surface area is 197 Å². The van der Waals surface area contributed by atoms with E-state index in [1.807, 2.05) is 19.9 Å². The van der Waals surface area contributed by atoms with E-state index < -0.39 is 0 Å². The van der Waals surface area contributed by atoms with Crippen LogP contribution in [0.4, 0.5) is 4.39 Å². The van der Waals surface area contributed by atoms with Gasteiger partial charge < -0.3 is 4.98 Å². The van der Waals surface area contributed by atoms with Crippen LogP contribution in [0.1, 0.15) is 59.8 Å². The fraction of sp³-hybridized carbons (Fsp3) is 0.385. The topological polar surface area (TPSA) is 79.7 Å². The molecule has 0 radical (unpaired) electrons. The standard InChI is InChI=1S/C26H29FN6O/c1-17-7-10-20-15-22(26(34)28-23(20)18(17)2)24(32-13-5-3-4-6-14-32)25-29-30-31-33(25)16-19-8-11-21(27)12-9-19/h7-12,15,24H,3-6,13-14,16H2,1-2H3,(H,28,34)/t24-/m0/s1. The minimum absolute atomic E-state index is 0.119.